The molecule has 0 unspecified atom stereocenters. The van der Waals surface area contributed by atoms with Crippen molar-refractivity contribution in [1.29, 1.82) is 0 Å². The van der Waals surface area contributed by atoms with Gasteiger partial charge in [-0.25, -0.2) is 4.68 Å². The molecular weight excluding hydrogens is 384 g/mol. The summed E-state index contributed by atoms with van der Waals surface area (Å²) in [6, 6.07) is 9.92. The van der Waals surface area contributed by atoms with Crippen LogP contribution in [-0.4, -0.2) is 26.7 Å². The molecule has 2 heterocycles. The molecule has 1 aromatic carbocycles. The van der Waals surface area contributed by atoms with E-state index in [0.717, 1.165) is 9.21 Å². The first kappa shape index (κ1) is 17.7. The molecule has 7 nitrogen and oxygen atoms in total. The van der Waals surface area contributed by atoms with Crippen molar-refractivity contribution in [2.45, 2.75) is 13.2 Å². The second-order valence-electron chi connectivity index (χ2n) is 5.34. The lowest BCUT2D eigenvalue weighted by molar-refractivity contribution is -0.384. The van der Waals surface area contributed by atoms with Crippen LogP contribution in [0, 0.1) is 15.0 Å². The number of halogens is 1. The summed E-state index contributed by atoms with van der Waals surface area (Å²) >= 11 is 12.7. The minimum Gasteiger partial charge on any atom is -0.409 e. The largest absolute Gasteiger partial charge is 0.409 e. The molecule has 0 atom stereocenters. The number of aromatic nitrogens is 2. The van der Waals surface area contributed by atoms with Gasteiger partial charge in [0.05, 0.1) is 15.9 Å². The number of hydrogen-bond donors (Lipinski definition) is 0. The van der Waals surface area contributed by atoms with Crippen LogP contribution in [-0.2, 0) is 13.2 Å². The van der Waals surface area contributed by atoms with Crippen LogP contribution in [0.2, 0.25) is 4.34 Å². The Balaban J connectivity index is 1.77. The molecule has 25 heavy (non-hydrogen) atoms. The van der Waals surface area contributed by atoms with E-state index in [9.17, 15) is 10.1 Å². The van der Waals surface area contributed by atoms with Crippen LogP contribution in [0.3, 0.4) is 0 Å². The number of nitro groups is 1. The topological polar surface area (TPSA) is 77.3 Å². The Morgan fingerprint density at radius 1 is 1.44 bits per heavy atom. The molecule has 0 fully saturated rings. The van der Waals surface area contributed by atoms with Gasteiger partial charge in [-0.1, -0.05) is 17.7 Å². The van der Waals surface area contributed by atoms with Gasteiger partial charge in [0.1, 0.15) is 0 Å². The molecule has 0 aliphatic rings. The fourth-order valence-electron chi connectivity index (χ4n) is 2.25. The third kappa shape index (κ3) is 4.31. The Kier molecular flexibility index (Phi) is 5.28. The summed E-state index contributed by atoms with van der Waals surface area (Å²) in [5.74, 6) is 0.251. The zero-order valence-corrected chi connectivity index (χ0v) is 15.5. The van der Waals surface area contributed by atoms with Gasteiger partial charge in [-0.3, -0.25) is 15.0 Å². The molecule has 0 spiro atoms. The highest BCUT2D eigenvalue weighted by molar-refractivity contribution is 7.71. The molecule has 0 aliphatic heterocycles. The number of thiophene rings is 1. The lowest BCUT2D eigenvalue weighted by Gasteiger charge is -2.14. The minimum absolute atomic E-state index is 0.0279. The summed E-state index contributed by atoms with van der Waals surface area (Å²) in [5, 5.41) is 15.2. The number of benzene rings is 1. The Labute approximate surface area is 157 Å². The normalized spacial score (nSPS) is 11.2. The second-order valence-corrected chi connectivity index (χ2v) is 7.49. The van der Waals surface area contributed by atoms with E-state index >= 15 is 0 Å². The van der Waals surface area contributed by atoms with Gasteiger partial charge < -0.3 is 4.42 Å². The molecule has 0 aliphatic carbocycles. The molecular formula is C15H13ClN4O3S2. The van der Waals surface area contributed by atoms with Gasteiger partial charge in [0, 0.05) is 29.1 Å². The molecule has 2 aromatic heterocycles. The first-order valence-corrected chi connectivity index (χ1v) is 8.78. The van der Waals surface area contributed by atoms with Gasteiger partial charge in [0.2, 0.25) is 5.89 Å². The average Bonchev–Trinajstić information content (AvgIpc) is 3.13. The van der Waals surface area contributed by atoms with Crippen LogP contribution >= 0.6 is 35.2 Å². The first-order chi connectivity index (χ1) is 11.9. The van der Waals surface area contributed by atoms with Gasteiger partial charge in [-0.05, 0) is 37.5 Å². The van der Waals surface area contributed by atoms with E-state index in [1.54, 1.807) is 16.8 Å². The second kappa shape index (κ2) is 7.44. The zero-order valence-electron chi connectivity index (χ0n) is 13.1. The van der Waals surface area contributed by atoms with Crippen molar-refractivity contribution in [3.05, 3.63) is 60.6 Å². The maximum atomic E-state index is 10.9. The minimum atomic E-state index is -0.463. The highest BCUT2D eigenvalue weighted by atomic mass is 35.5. The predicted octanol–water partition coefficient (Wildman–Crippen LogP) is 4.59. The van der Waals surface area contributed by atoms with Crippen LogP contribution in [0.1, 0.15) is 4.88 Å². The van der Waals surface area contributed by atoms with Gasteiger partial charge in [-0.2, -0.15) is 0 Å². The fourth-order valence-corrected chi connectivity index (χ4v) is 3.59. The summed E-state index contributed by atoms with van der Waals surface area (Å²) in [7, 11) is 1.93. The molecule has 0 radical (unpaired) electrons. The summed E-state index contributed by atoms with van der Waals surface area (Å²) in [4.78, 5) is 13.8. The monoisotopic (exact) mass is 396 g/mol. The van der Waals surface area contributed by atoms with Gasteiger partial charge in [0.25, 0.3) is 10.5 Å². The number of nitro benzene ring substituents is 1. The molecule has 3 rings (SSSR count). The molecule has 10 heteroatoms. The van der Waals surface area contributed by atoms with Crippen molar-refractivity contribution in [3.63, 3.8) is 0 Å². The standard InChI is InChI=1S/C15H13ClN4O3S2/c1-18(8-12-5-6-13(16)25-12)9-19-15(24)23-14(17-19)10-3-2-4-11(7-10)20(21)22/h2-7H,8-9H2,1H3. The molecule has 3 aromatic rings. The molecule has 0 N–H and O–H groups in total. The molecule has 130 valence electrons. The van der Waals surface area contributed by atoms with Crippen molar-refractivity contribution in [2.75, 3.05) is 7.05 Å². The van der Waals surface area contributed by atoms with Crippen molar-refractivity contribution < 1.29 is 9.34 Å². The van der Waals surface area contributed by atoms with E-state index in [4.69, 9.17) is 28.2 Å². The van der Waals surface area contributed by atoms with Gasteiger partial charge >= 0.3 is 0 Å². The fraction of sp³-hybridized carbons (Fsp3) is 0.200. The maximum absolute atomic E-state index is 10.9. The van der Waals surface area contributed by atoms with E-state index in [1.165, 1.54) is 23.5 Å². The molecule has 0 saturated carbocycles. The van der Waals surface area contributed by atoms with Gasteiger partial charge in [0.15, 0.2) is 0 Å². The number of nitrogens with zero attached hydrogens (tertiary/aromatic N) is 4. The van der Waals surface area contributed by atoms with E-state index in [-0.39, 0.29) is 16.4 Å². The van der Waals surface area contributed by atoms with Crippen LogP contribution in [0.4, 0.5) is 5.69 Å². The summed E-state index contributed by atoms with van der Waals surface area (Å²) in [5.41, 5.74) is 0.478. The van der Waals surface area contributed by atoms with Crippen LogP contribution in [0.15, 0.2) is 40.8 Å². The first-order valence-electron chi connectivity index (χ1n) is 7.18. The number of non-ortho nitro benzene ring substituents is 1. The predicted molar refractivity (Wildman–Crippen MR) is 98.2 cm³/mol. The van der Waals surface area contributed by atoms with E-state index in [2.05, 4.69) is 5.10 Å². The molecule has 0 bridgehead atoms. The van der Waals surface area contributed by atoms with Crippen molar-refractivity contribution in [2.24, 2.45) is 0 Å². The quantitative estimate of drug-likeness (QED) is 0.344. The van der Waals surface area contributed by atoms with Crippen molar-refractivity contribution >= 4 is 40.8 Å². The van der Waals surface area contributed by atoms with Crippen LogP contribution in [0.5, 0.6) is 0 Å². The third-order valence-electron chi connectivity index (χ3n) is 3.34. The SMILES string of the molecule is CN(Cc1ccc(Cl)s1)Cn1nc(-c2cccc([N+](=O)[O-])c2)oc1=S. The van der Waals surface area contributed by atoms with E-state index in [1.807, 2.05) is 24.1 Å². The number of hydrogen-bond acceptors (Lipinski definition) is 7. The highest BCUT2D eigenvalue weighted by Gasteiger charge is 2.14. The van der Waals surface area contributed by atoms with E-state index < -0.39 is 4.92 Å². The zero-order chi connectivity index (χ0) is 18.0. The molecule has 0 amide bonds. The lowest BCUT2D eigenvalue weighted by atomic mass is 10.2. The highest BCUT2D eigenvalue weighted by Crippen LogP contribution is 2.24. The van der Waals surface area contributed by atoms with E-state index in [0.29, 0.717) is 18.8 Å². The van der Waals surface area contributed by atoms with Crippen LogP contribution in [0.25, 0.3) is 11.5 Å². The Morgan fingerprint density at radius 3 is 2.92 bits per heavy atom. The smallest absolute Gasteiger partial charge is 0.288 e. The van der Waals surface area contributed by atoms with Crippen LogP contribution < -0.4 is 0 Å². The average molecular weight is 397 g/mol. The Morgan fingerprint density at radius 2 is 2.24 bits per heavy atom. The summed E-state index contributed by atoms with van der Waals surface area (Å²) in [6.45, 7) is 1.12. The summed E-state index contributed by atoms with van der Waals surface area (Å²) in [6.07, 6.45) is 0. The van der Waals surface area contributed by atoms with Crippen molar-refractivity contribution in [3.8, 4) is 11.5 Å². The Hall–Kier alpha value is -2.07. The number of rotatable bonds is 6. The molecule has 0 saturated heterocycles. The van der Waals surface area contributed by atoms with Crippen molar-refractivity contribution in [1.82, 2.24) is 14.7 Å². The third-order valence-corrected chi connectivity index (χ3v) is 4.85. The Bertz CT molecular complexity index is 966. The van der Waals surface area contributed by atoms with Gasteiger partial charge in [-0.15, -0.1) is 16.4 Å². The summed E-state index contributed by atoms with van der Waals surface area (Å²) < 4.78 is 7.77. The maximum Gasteiger partial charge on any atom is 0.288 e. The lowest BCUT2D eigenvalue weighted by Crippen LogP contribution is -2.22.